The number of nitrogens with zero attached hydrogens (tertiary/aromatic N) is 2. The summed E-state index contributed by atoms with van der Waals surface area (Å²) in [5.41, 5.74) is 4.87. The summed E-state index contributed by atoms with van der Waals surface area (Å²) in [6, 6.07) is 6.55. The lowest BCUT2D eigenvalue weighted by Crippen LogP contribution is -2.34. The lowest BCUT2D eigenvalue weighted by molar-refractivity contribution is -0.130. The first kappa shape index (κ1) is 16.6. The third kappa shape index (κ3) is 3.72. The Bertz CT molecular complexity index is 818. The number of carbonyl (C=O) groups excluding carboxylic acids is 2. The Balaban J connectivity index is 1.43. The Morgan fingerprint density at radius 2 is 2.08 bits per heavy atom. The maximum absolute atomic E-state index is 12.1. The Hall–Kier alpha value is -1.86. The molecule has 1 aromatic carbocycles. The van der Waals surface area contributed by atoms with E-state index in [4.69, 9.17) is 0 Å². The van der Waals surface area contributed by atoms with Crippen LogP contribution in [-0.4, -0.2) is 39.9 Å². The molecule has 1 aromatic heterocycles. The third-order valence-corrected chi connectivity index (χ3v) is 6.26. The number of thiazole rings is 1. The first-order valence-corrected chi connectivity index (χ1v) is 10.5. The van der Waals surface area contributed by atoms with E-state index in [0.717, 1.165) is 17.7 Å². The number of hydrogen-bond acceptors (Lipinski definition) is 5. The number of carbonyl (C=O) groups is 2. The second-order valence-electron chi connectivity index (χ2n) is 6.35. The molecule has 1 N–H and O–H groups in total. The van der Waals surface area contributed by atoms with Gasteiger partial charge < -0.3 is 10.2 Å². The molecule has 0 unspecified atom stereocenters. The Kier molecular flexibility index (Phi) is 4.76. The zero-order valence-corrected chi connectivity index (χ0v) is 15.4. The van der Waals surface area contributed by atoms with Crippen molar-refractivity contribution in [1.82, 2.24) is 9.88 Å². The molecule has 2 amide bonds. The van der Waals surface area contributed by atoms with E-state index in [0.29, 0.717) is 16.8 Å². The molecule has 1 saturated heterocycles. The van der Waals surface area contributed by atoms with Crippen LogP contribution >= 0.6 is 23.1 Å². The van der Waals surface area contributed by atoms with Crippen LogP contribution in [0.3, 0.4) is 0 Å². The van der Waals surface area contributed by atoms with Crippen LogP contribution < -0.4 is 5.32 Å². The molecule has 0 bridgehead atoms. The van der Waals surface area contributed by atoms with Crippen LogP contribution in [0.2, 0.25) is 0 Å². The highest BCUT2D eigenvalue weighted by Gasteiger charge is 2.23. The smallest absolute Gasteiger partial charge is 0.245 e. The van der Waals surface area contributed by atoms with Crippen LogP contribution in [0.25, 0.3) is 11.3 Å². The molecule has 2 heterocycles. The predicted octanol–water partition coefficient (Wildman–Crippen LogP) is 3.16. The van der Waals surface area contributed by atoms with E-state index in [1.807, 2.05) is 5.38 Å². The van der Waals surface area contributed by atoms with Crippen molar-refractivity contribution >= 4 is 40.0 Å². The Morgan fingerprint density at radius 3 is 2.88 bits per heavy atom. The van der Waals surface area contributed by atoms with Gasteiger partial charge in [0.2, 0.25) is 11.8 Å². The minimum Gasteiger partial charge on any atom is -0.323 e. The molecule has 0 spiro atoms. The number of aromatic nitrogens is 1. The minimum atomic E-state index is -0.192. The summed E-state index contributed by atoms with van der Waals surface area (Å²) in [4.78, 5) is 29.8. The van der Waals surface area contributed by atoms with Crippen LogP contribution in [0.4, 0.5) is 5.13 Å². The maximum atomic E-state index is 12.1. The number of thioether (sulfide) groups is 1. The molecule has 4 rings (SSSR count). The topological polar surface area (TPSA) is 62.3 Å². The van der Waals surface area contributed by atoms with E-state index in [9.17, 15) is 9.59 Å². The second kappa shape index (κ2) is 7.17. The van der Waals surface area contributed by atoms with Crippen molar-refractivity contribution in [3.05, 3.63) is 34.7 Å². The van der Waals surface area contributed by atoms with Gasteiger partial charge >= 0.3 is 0 Å². The first-order valence-electron chi connectivity index (χ1n) is 8.42. The quantitative estimate of drug-likeness (QED) is 0.894. The van der Waals surface area contributed by atoms with Crippen molar-refractivity contribution in [2.75, 3.05) is 23.5 Å². The monoisotopic (exact) mass is 373 g/mol. The van der Waals surface area contributed by atoms with Crippen molar-refractivity contribution in [3.63, 3.8) is 0 Å². The summed E-state index contributed by atoms with van der Waals surface area (Å²) in [5, 5.41) is 5.36. The summed E-state index contributed by atoms with van der Waals surface area (Å²) in [5.74, 6) is 0.883. The largest absolute Gasteiger partial charge is 0.323 e. The molecule has 1 fully saturated rings. The number of aryl methyl sites for hydroxylation is 2. The van der Waals surface area contributed by atoms with Gasteiger partial charge in [-0.15, -0.1) is 23.1 Å². The van der Waals surface area contributed by atoms with Crippen molar-refractivity contribution in [2.24, 2.45) is 0 Å². The molecule has 5 nitrogen and oxygen atoms in total. The fourth-order valence-electron chi connectivity index (χ4n) is 3.23. The highest BCUT2D eigenvalue weighted by Crippen LogP contribution is 2.29. The number of hydrogen-bond donors (Lipinski definition) is 1. The Labute approximate surface area is 154 Å². The number of anilines is 1. The highest BCUT2D eigenvalue weighted by atomic mass is 32.2. The number of fused-ring (bicyclic) bond motifs is 1. The molecule has 2 aromatic rings. The van der Waals surface area contributed by atoms with Gasteiger partial charge in [0.1, 0.15) is 6.54 Å². The van der Waals surface area contributed by atoms with Crippen molar-refractivity contribution in [1.29, 1.82) is 0 Å². The highest BCUT2D eigenvalue weighted by molar-refractivity contribution is 8.00. The molecular formula is C18H19N3O2S2. The SMILES string of the molecule is O=C(CN1CSCC1=O)Nc1nc(-c2ccc3c(c2)CCCC3)cs1. The van der Waals surface area contributed by atoms with Crippen LogP contribution in [-0.2, 0) is 22.4 Å². The standard InChI is InChI=1S/C18H19N3O2S2/c22-16(8-21-11-24-10-17(21)23)20-18-19-15(9-25-18)14-6-5-12-3-1-2-4-13(12)7-14/h5-7,9H,1-4,8,10-11H2,(H,19,20,22). The van der Waals surface area contributed by atoms with Crippen LogP contribution in [0, 0.1) is 0 Å². The molecule has 0 radical (unpaired) electrons. The molecule has 130 valence electrons. The van der Waals surface area contributed by atoms with Crippen LogP contribution in [0.15, 0.2) is 23.6 Å². The van der Waals surface area contributed by atoms with E-state index in [-0.39, 0.29) is 18.4 Å². The fraction of sp³-hybridized carbons (Fsp3) is 0.389. The second-order valence-corrected chi connectivity index (χ2v) is 8.16. The van der Waals surface area contributed by atoms with Gasteiger partial charge in [0.25, 0.3) is 0 Å². The first-order chi connectivity index (χ1) is 12.2. The van der Waals surface area contributed by atoms with Gasteiger partial charge in [-0.3, -0.25) is 9.59 Å². The molecular weight excluding hydrogens is 354 g/mol. The van der Waals surface area contributed by atoms with Gasteiger partial charge in [-0.25, -0.2) is 4.98 Å². The summed E-state index contributed by atoms with van der Waals surface area (Å²) in [6.45, 7) is 0.0968. The van der Waals surface area contributed by atoms with Gasteiger partial charge in [0.05, 0.1) is 17.3 Å². The van der Waals surface area contributed by atoms with E-state index in [1.54, 1.807) is 4.90 Å². The summed E-state index contributed by atoms with van der Waals surface area (Å²) in [6.07, 6.45) is 4.83. The number of benzene rings is 1. The number of nitrogens with one attached hydrogen (secondary N) is 1. The van der Waals surface area contributed by atoms with Crippen LogP contribution in [0.1, 0.15) is 24.0 Å². The normalized spacial score (nSPS) is 16.8. The summed E-state index contributed by atoms with van der Waals surface area (Å²) >= 11 is 2.95. The molecule has 25 heavy (non-hydrogen) atoms. The van der Waals surface area contributed by atoms with Gasteiger partial charge in [-0.2, -0.15) is 0 Å². The van der Waals surface area contributed by atoms with Crippen LogP contribution in [0.5, 0.6) is 0 Å². The van der Waals surface area contributed by atoms with Gasteiger partial charge in [0, 0.05) is 10.9 Å². The lowest BCUT2D eigenvalue weighted by Gasteiger charge is -2.16. The maximum Gasteiger partial charge on any atom is 0.245 e. The van der Waals surface area contributed by atoms with E-state index < -0.39 is 0 Å². The van der Waals surface area contributed by atoms with Crippen molar-refractivity contribution < 1.29 is 9.59 Å². The molecule has 2 aliphatic rings. The average molecular weight is 374 g/mol. The molecule has 0 atom stereocenters. The number of rotatable bonds is 4. The van der Waals surface area contributed by atoms with E-state index in [1.165, 1.54) is 53.5 Å². The minimum absolute atomic E-state index is 0.0223. The molecule has 0 saturated carbocycles. The Morgan fingerprint density at radius 1 is 1.24 bits per heavy atom. The summed E-state index contributed by atoms with van der Waals surface area (Å²) in [7, 11) is 0. The van der Waals surface area contributed by atoms with Gasteiger partial charge in [-0.1, -0.05) is 12.1 Å². The number of amides is 2. The summed E-state index contributed by atoms with van der Waals surface area (Å²) < 4.78 is 0. The molecule has 1 aliphatic heterocycles. The van der Waals surface area contributed by atoms with E-state index >= 15 is 0 Å². The zero-order chi connectivity index (χ0) is 17.2. The van der Waals surface area contributed by atoms with Gasteiger partial charge in [-0.05, 0) is 42.9 Å². The lowest BCUT2D eigenvalue weighted by atomic mass is 9.90. The van der Waals surface area contributed by atoms with Gasteiger partial charge in [0.15, 0.2) is 5.13 Å². The zero-order valence-electron chi connectivity index (χ0n) is 13.8. The average Bonchev–Trinajstić information content (AvgIpc) is 3.24. The van der Waals surface area contributed by atoms with Crippen molar-refractivity contribution in [3.8, 4) is 11.3 Å². The predicted molar refractivity (Wildman–Crippen MR) is 102 cm³/mol. The molecule has 1 aliphatic carbocycles. The molecule has 7 heteroatoms. The third-order valence-electron chi connectivity index (χ3n) is 4.55. The van der Waals surface area contributed by atoms with E-state index in [2.05, 4.69) is 28.5 Å². The fourth-order valence-corrected chi connectivity index (χ4v) is 4.87. The van der Waals surface area contributed by atoms with Crippen molar-refractivity contribution in [2.45, 2.75) is 25.7 Å².